The number of halogens is 2. The molecule has 5 N–H and O–H groups in total. The molecule has 6 nitrogen and oxygen atoms in total. The maximum absolute atomic E-state index is 13.8. The van der Waals surface area contributed by atoms with E-state index < -0.39 is 5.79 Å². The summed E-state index contributed by atoms with van der Waals surface area (Å²) in [5.74, 6) is -0.171. The lowest BCUT2D eigenvalue weighted by Gasteiger charge is -2.33. The maximum atomic E-state index is 13.8. The first-order chi connectivity index (χ1) is 12.4. The minimum Gasteiger partial charge on any atom is -0.384 e. The lowest BCUT2D eigenvalue weighted by molar-refractivity contribution is 0.411. The number of rotatable bonds is 2. The molecule has 1 atom stereocenters. The zero-order valence-electron chi connectivity index (χ0n) is 13.9. The van der Waals surface area contributed by atoms with Gasteiger partial charge in [0.2, 0.25) is 5.79 Å². The van der Waals surface area contributed by atoms with Crippen molar-refractivity contribution in [2.24, 2.45) is 16.5 Å². The SMILES string of the molecule is Cc1nc2ccc(F)cc2n1C1=CC(N)=NC(N)(c2ccc(Cl)cc2)N1. The summed E-state index contributed by atoms with van der Waals surface area (Å²) in [4.78, 5) is 8.80. The summed E-state index contributed by atoms with van der Waals surface area (Å²) in [6.07, 6.45) is 1.64. The van der Waals surface area contributed by atoms with Crippen LogP contribution in [0.5, 0.6) is 0 Å². The zero-order valence-corrected chi connectivity index (χ0v) is 14.6. The summed E-state index contributed by atoms with van der Waals surface area (Å²) in [6.45, 7) is 1.82. The molecule has 4 rings (SSSR count). The number of amidine groups is 1. The van der Waals surface area contributed by atoms with Crippen LogP contribution < -0.4 is 16.8 Å². The Labute approximate surface area is 154 Å². The van der Waals surface area contributed by atoms with E-state index in [1.807, 2.05) is 6.92 Å². The van der Waals surface area contributed by atoms with E-state index >= 15 is 0 Å². The molecule has 0 amide bonds. The average Bonchev–Trinajstić information content (AvgIpc) is 2.89. The Balaban J connectivity index is 1.84. The number of nitrogens with one attached hydrogen (secondary N) is 1. The number of aryl methyl sites for hydroxylation is 1. The molecule has 0 radical (unpaired) electrons. The highest BCUT2D eigenvalue weighted by Crippen LogP contribution is 2.27. The van der Waals surface area contributed by atoms with Crippen LogP contribution in [0.3, 0.4) is 0 Å². The van der Waals surface area contributed by atoms with Gasteiger partial charge in [-0.05, 0) is 31.2 Å². The van der Waals surface area contributed by atoms with Crippen LogP contribution in [0.4, 0.5) is 4.39 Å². The summed E-state index contributed by atoms with van der Waals surface area (Å²) < 4.78 is 15.5. The molecule has 26 heavy (non-hydrogen) atoms. The van der Waals surface area contributed by atoms with Gasteiger partial charge < -0.3 is 11.1 Å². The van der Waals surface area contributed by atoms with Crippen LogP contribution >= 0.6 is 11.6 Å². The van der Waals surface area contributed by atoms with Crippen LogP contribution in [0, 0.1) is 12.7 Å². The number of fused-ring (bicyclic) bond motifs is 1. The molecule has 0 saturated carbocycles. The van der Waals surface area contributed by atoms with Crippen molar-refractivity contribution in [1.82, 2.24) is 14.9 Å². The Kier molecular flexibility index (Phi) is 3.71. The molecule has 0 spiro atoms. The maximum Gasteiger partial charge on any atom is 0.212 e. The van der Waals surface area contributed by atoms with Crippen LogP contribution in [-0.2, 0) is 5.79 Å². The first kappa shape index (κ1) is 16.6. The summed E-state index contributed by atoms with van der Waals surface area (Å²) >= 11 is 5.95. The summed E-state index contributed by atoms with van der Waals surface area (Å²) in [6, 6.07) is 11.4. The third-order valence-electron chi connectivity index (χ3n) is 4.22. The van der Waals surface area contributed by atoms with E-state index in [0.29, 0.717) is 33.3 Å². The molecule has 1 aliphatic rings. The molecular formula is C18H16ClFN6. The van der Waals surface area contributed by atoms with Gasteiger partial charge in [0.25, 0.3) is 0 Å². The van der Waals surface area contributed by atoms with E-state index in [0.717, 1.165) is 0 Å². The van der Waals surface area contributed by atoms with Crippen molar-refractivity contribution in [3.05, 3.63) is 70.8 Å². The van der Waals surface area contributed by atoms with Crippen molar-refractivity contribution in [3.63, 3.8) is 0 Å². The van der Waals surface area contributed by atoms with E-state index in [9.17, 15) is 4.39 Å². The van der Waals surface area contributed by atoms with Gasteiger partial charge in [0.1, 0.15) is 23.3 Å². The van der Waals surface area contributed by atoms with Crippen molar-refractivity contribution >= 4 is 34.3 Å². The second-order valence-corrected chi connectivity index (χ2v) is 6.53. The Bertz CT molecular complexity index is 1070. The molecule has 2 aromatic carbocycles. The number of benzene rings is 2. The third-order valence-corrected chi connectivity index (χ3v) is 4.47. The molecule has 0 bridgehead atoms. The Morgan fingerprint density at radius 2 is 1.92 bits per heavy atom. The summed E-state index contributed by atoms with van der Waals surface area (Å²) in [5, 5.41) is 3.77. The normalized spacial score (nSPS) is 19.8. The number of nitrogens with two attached hydrogens (primary N) is 2. The van der Waals surface area contributed by atoms with Crippen LogP contribution in [0.15, 0.2) is 53.5 Å². The number of aromatic nitrogens is 2. The lowest BCUT2D eigenvalue weighted by atomic mass is 10.1. The largest absolute Gasteiger partial charge is 0.384 e. The Morgan fingerprint density at radius 3 is 2.65 bits per heavy atom. The number of imidazole rings is 1. The zero-order chi connectivity index (χ0) is 18.5. The fourth-order valence-electron chi connectivity index (χ4n) is 3.07. The van der Waals surface area contributed by atoms with Gasteiger partial charge in [-0.25, -0.2) is 14.4 Å². The monoisotopic (exact) mass is 370 g/mol. The van der Waals surface area contributed by atoms with E-state index in [1.165, 1.54) is 12.1 Å². The first-order valence-electron chi connectivity index (χ1n) is 7.91. The van der Waals surface area contributed by atoms with Gasteiger partial charge in [0.05, 0.1) is 11.0 Å². The van der Waals surface area contributed by atoms with Crippen molar-refractivity contribution in [3.8, 4) is 0 Å². The molecule has 132 valence electrons. The predicted molar refractivity (Wildman–Crippen MR) is 101 cm³/mol. The molecule has 0 saturated heterocycles. The minimum atomic E-state index is -1.28. The Hall–Kier alpha value is -2.90. The van der Waals surface area contributed by atoms with Gasteiger partial charge in [-0.1, -0.05) is 23.7 Å². The Morgan fingerprint density at radius 1 is 1.19 bits per heavy atom. The predicted octanol–water partition coefficient (Wildman–Crippen LogP) is 2.67. The van der Waals surface area contributed by atoms with Crippen LogP contribution in [0.2, 0.25) is 5.02 Å². The average molecular weight is 371 g/mol. The highest BCUT2D eigenvalue weighted by Gasteiger charge is 2.32. The topological polar surface area (TPSA) is 94.2 Å². The second kappa shape index (κ2) is 5.82. The fourth-order valence-corrected chi connectivity index (χ4v) is 3.20. The molecule has 8 heteroatoms. The molecule has 0 fully saturated rings. The molecule has 0 aliphatic carbocycles. The summed E-state index contributed by atoms with van der Waals surface area (Å²) in [7, 11) is 0. The molecule has 1 aromatic heterocycles. The quantitative estimate of drug-likeness (QED) is 0.646. The molecule has 3 aromatic rings. The van der Waals surface area contributed by atoms with E-state index in [4.69, 9.17) is 23.1 Å². The van der Waals surface area contributed by atoms with Crippen molar-refractivity contribution < 1.29 is 4.39 Å². The second-order valence-electron chi connectivity index (χ2n) is 6.09. The van der Waals surface area contributed by atoms with Gasteiger partial charge in [0, 0.05) is 22.7 Å². The smallest absolute Gasteiger partial charge is 0.212 e. The first-order valence-corrected chi connectivity index (χ1v) is 8.29. The standard InChI is InChI=1S/C18H16ClFN6/c1-10-23-14-7-6-13(20)8-15(14)26(10)17-9-16(21)24-18(22,25-17)11-2-4-12(19)5-3-11/h2-9,25H,22H2,1H3,(H2,21,24). The van der Waals surface area contributed by atoms with E-state index in [1.54, 1.807) is 41.0 Å². The van der Waals surface area contributed by atoms with Crippen LogP contribution in [0.1, 0.15) is 11.4 Å². The number of hydrogen-bond acceptors (Lipinski definition) is 5. The van der Waals surface area contributed by atoms with Crippen molar-refractivity contribution in [2.45, 2.75) is 12.7 Å². The fraction of sp³-hybridized carbons (Fsp3) is 0.111. The molecule has 1 unspecified atom stereocenters. The molecular weight excluding hydrogens is 355 g/mol. The highest BCUT2D eigenvalue weighted by atomic mass is 35.5. The van der Waals surface area contributed by atoms with Crippen molar-refractivity contribution in [2.75, 3.05) is 0 Å². The number of nitrogens with zero attached hydrogens (tertiary/aromatic N) is 3. The number of aliphatic imine (C=N–C) groups is 1. The lowest BCUT2D eigenvalue weighted by Crippen LogP contribution is -2.52. The van der Waals surface area contributed by atoms with Gasteiger partial charge in [0.15, 0.2) is 0 Å². The molecule has 2 heterocycles. The third kappa shape index (κ3) is 2.71. The van der Waals surface area contributed by atoms with Crippen molar-refractivity contribution in [1.29, 1.82) is 0 Å². The van der Waals surface area contributed by atoms with E-state index in [-0.39, 0.29) is 11.7 Å². The van der Waals surface area contributed by atoms with E-state index in [2.05, 4.69) is 15.3 Å². The number of hydrogen-bond donors (Lipinski definition) is 3. The highest BCUT2D eigenvalue weighted by molar-refractivity contribution is 6.30. The van der Waals surface area contributed by atoms with Gasteiger partial charge >= 0.3 is 0 Å². The van der Waals surface area contributed by atoms with Gasteiger partial charge in [-0.3, -0.25) is 10.3 Å². The van der Waals surface area contributed by atoms with Crippen LogP contribution in [-0.4, -0.2) is 15.4 Å². The van der Waals surface area contributed by atoms with Gasteiger partial charge in [-0.15, -0.1) is 0 Å². The molecule has 1 aliphatic heterocycles. The van der Waals surface area contributed by atoms with Crippen LogP contribution in [0.25, 0.3) is 16.9 Å². The van der Waals surface area contributed by atoms with Gasteiger partial charge in [-0.2, -0.15) is 0 Å². The minimum absolute atomic E-state index is 0.244. The summed E-state index contributed by atoms with van der Waals surface area (Å²) in [5.41, 5.74) is 14.4.